The molecule has 9 nitrogen and oxygen atoms in total. The molecule has 1 N–H and O–H groups in total. The molecule has 0 bridgehead atoms. The first-order valence-electron chi connectivity index (χ1n) is 19.5. The lowest BCUT2D eigenvalue weighted by Gasteiger charge is -2.63. The molecule has 1 aromatic heterocycles. The van der Waals surface area contributed by atoms with E-state index in [1.807, 2.05) is 35.2 Å². The Bertz CT molecular complexity index is 1750. The van der Waals surface area contributed by atoms with Gasteiger partial charge in [-0.25, -0.2) is 4.98 Å². The van der Waals surface area contributed by atoms with Gasteiger partial charge >= 0.3 is 5.97 Å². The molecule has 4 aliphatic carbocycles. The minimum Gasteiger partial charge on any atom is -0.461 e. The Hall–Kier alpha value is -3.48. The number of amides is 2. The van der Waals surface area contributed by atoms with E-state index in [2.05, 4.69) is 29.7 Å². The van der Waals surface area contributed by atoms with Crippen molar-refractivity contribution in [3.63, 3.8) is 0 Å². The number of piperazine rings is 1. The maximum Gasteiger partial charge on any atom is 0.302 e. The summed E-state index contributed by atoms with van der Waals surface area (Å²) in [7, 11) is 0. The number of likely N-dealkylation sites (tertiary alicyclic amines) is 1. The fourth-order valence-electron chi connectivity index (χ4n) is 12.3. The summed E-state index contributed by atoms with van der Waals surface area (Å²) in [4.78, 5) is 50.9. The van der Waals surface area contributed by atoms with Crippen LogP contribution in [0.3, 0.4) is 0 Å². The molecule has 8 rings (SSSR count). The Kier molecular flexibility index (Phi) is 8.74. The predicted molar refractivity (Wildman–Crippen MR) is 194 cm³/mol. The number of esters is 1. The van der Waals surface area contributed by atoms with Crippen molar-refractivity contribution in [1.82, 2.24) is 19.7 Å². The van der Waals surface area contributed by atoms with Gasteiger partial charge in [0.05, 0.1) is 5.52 Å². The van der Waals surface area contributed by atoms with Gasteiger partial charge in [-0.05, 0) is 105 Å². The van der Waals surface area contributed by atoms with Crippen LogP contribution in [0.25, 0.3) is 10.9 Å². The molecule has 51 heavy (non-hydrogen) atoms. The van der Waals surface area contributed by atoms with E-state index in [1.54, 1.807) is 11.0 Å². The van der Waals surface area contributed by atoms with Crippen molar-refractivity contribution < 1.29 is 24.2 Å². The Balaban J connectivity index is 0.959. The van der Waals surface area contributed by atoms with Gasteiger partial charge in [0.2, 0.25) is 5.91 Å². The lowest BCUT2D eigenvalue weighted by molar-refractivity contribution is -0.179. The third-order valence-electron chi connectivity index (χ3n) is 15.1. The maximum atomic E-state index is 14.0. The standard InChI is InChI=1S/C42H54N4O5/c1-5-42(50)19-17-32-30-14-13-29-25-37(51-27(2)47)36(26-40(29,3)31(30)16-18-41(32,42)4)44-21-23-45(24-22-44)39(49)35-11-8-20-46(35)38(48)34-15-12-28-9-6-7-10-33(28)43-34/h1,6-7,9-10,12,15,29-32,35-37,50H,8,11,13-14,16-26H2,2-4H3/t29-,30+,31-,32-,35-,36+,37-,40-,41-,42+/m0/s1. The third kappa shape index (κ3) is 5.58. The number of ether oxygens (including phenoxy) is 1. The summed E-state index contributed by atoms with van der Waals surface area (Å²) in [5, 5.41) is 12.5. The number of aromatic nitrogens is 1. The Morgan fingerprint density at radius 1 is 0.941 bits per heavy atom. The number of aliphatic hydroxyl groups is 1. The molecule has 4 saturated carbocycles. The van der Waals surface area contributed by atoms with Gasteiger partial charge in [0.15, 0.2) is 0 Å². The number of fused-ring (bicyclic) bond motifs is 6. The molecule has 0 radical (unpaired) electrons. The van der Waals surface area contributed by atoms with Crippen molar-refractivity contribution in [2.75, 3.05) is 32.7 Å². The molecular weight excluding hydrogens is 640 g/mol. The smallest absolute Gasteiger partial charge is 0.302 e. The van der Waals surface area contributed by atoms with Crippen LogP contribution >= 0.6 is 0 Å². The average molecular weight is 695 g/mol. The molecule has 10 atom stereocenters. The van der Waals surface area contributed by atoms with Gasteiger partial charge in [-0.1, -0.05) is 44.0 Å². The van der Waals surface area contributed by atoms with Crippen LogP contribution < -0.4 is 0 Å². The third-order valence-corrected chi connectivity index (χ3v) is 15.1. The van der Waals surface area contributed by atoms with Crippen molar-refractivity contribution >= 4 is 28.7 Å². The van der Waals surface area contributed by atoms with Crippen molar-refractivity contribution in [1.29, 1.82) is 0 Å². The number of rotatable bonds is 4. The second-order valence-corrected chi connectivity index (χ2v) is 17.2. The van der Waals surface area contributed by atoms with Crippen LogP contribution in [0.1, 0.15) is 95.5 Å². The van der Waals surface area contributed by atoms with Crippen molar-refractivity contribution in [3.8, 4) is 12.3 Å². The van der Waals surface area contributed by atoms with Gasteiger partial charge in [0.1, 0.15) is 23.4 Å². The van der Waals surface area contributed by atoms with Crippen molar-refractivity contribution in [2.24, 2.45) is 34.5 Å². The summed E-state index contributed by atoms with van der Waals surface area (Å²) >= 11 is 0. The summed E-state index contributed by atoms with van der Waals surface area (Å²) in [5.74, 6) is 4.47. The summed E-state index contributed by atoms with van der Waals surface area (Å²) in [6.07, 6.45) is 15.1. The average Bonchev–Trinajstić information content (AvgIpc) is 3.73. The number of carbonyl (C=O) groups is 3. The molecule has 272 valence electrons. The molecular formula is C42H54N4O5. The van der Waals surface area contributed by atoms with E-state index < -0.39 is 11.6 Å². The van der Waals surface area contributed by atoms with Crippen LogP contribution in [0.2, 0.25) is 0 Å². The van der Waals surface area contributed by atoms with Gasteiger partial charge in [-0.2, -0.15) is 0 Å². The number of pyridine rings is 1. The van der Waals surface area contributed by atoms with E-state index in [0.717, 1.165) is 62.3 Å². The van der Waals surface area contributed by atoms with Gasteiger partial charge in [0, 0.05) is 56.5 Å². The Morgan fingerprint density at radius 3 is 2.47 bits per heavy atom. The first-order valence-corrected chi connectivity index (χ1v) is 19.5. The van der Waals surface area contributed by atoms with Crippen LogP contribution in [0.5, 0.6) is 0 Å². The molecule has 9 heteroatoms. The highest BCUT2D eigenvalue weighted by molar-refractivity contribution is 5.98. The highest BCUT2D eigenvalue weighted by Gasteiger charge is 2.65. The van der Waals surface area contributed by atoms with Crippen LogP contribution in [0, 0.1) is 46.8 Å². The van der Waals surface area contributed by atoms with Gasteiger partial charge < -0.3 is 19.6 Å². The Labute approximate surface area is 302 Å². The van der Waals surface area contributed by atoms with Gasteiger partial charge in [-0.3, -0.25) is 19.3 Å². The summed E-state index contributed by atoms with van der Waals surface area (Å²) in [6, 6.07) is 11.1. The zero-order valence-electron chi connectivity index (χ0n) is 30.6. The maximum absolute atomic E-state index is 14.0. The monoisotopic (exact) mass is 694 g/mol. The molecule has 2 saturated heterocycles. The number of para-hydroxylation sites is 1. The molecule has 2 amide bonds. The summed E-state index contributed by atoms with van der Waals surface area (Å²) in [5.41, 5.74) is 0.0253. The zero-order valence-corrected chi connectivity index (χ0v) is 30.6. The molecule has 1 aromatic carbocycles. The van der Waals surface area contributed by atoms with E-state index in [9.17, 15) is 19.5 Å². The van der Waals surface area contributed by atoms with Crippen LogP contribution in [-0.4, -0.2) is 99.1 Å². The lowest BCUT2D eigenvalue weighted by atomic mass is 9.44. The molecule has 0 spiro atoms. The zero-order chi connectivity index (χ0) is 35.7. The quantitative estimate of drug-likeness (QED) is 0.343. The van der Waals surface area contributed by atoms with Crippen molar-refractivity contribution in [2.45, 2.75) is 109 Å². The fraction of sp³-hybridized carbons (Fsp3) is 0.667. The van der Waals surface area contributed by atoms with E-state index in [0.29, 0.717) is 74.9 Å². The first-order chi connectivity index (χ1) is 24.5. The highest BCUT2D eigenvalue weighted by atomic mass is 16.5. The summed E-state index contributed by atoms with van der Waals surface area (Å²) < 4.78 is 6.11. The fourth-order valence-corrected chi connectivity index (χ4v) is 12.3. The largest absolute Gasteiger partial charge is 0.461 e. The van der Waals surface area contributed by atoms with E-state index in [-0.39, 0.29) is 40.8 Å². The molecule has 2 aliphatic heterocycles. The highest BCUT2D eigenvalue weighted by Crippen LogP contribution is 2.68. The normalized spacial score (nSPS) is 39.5. The molecule has 6 fully saturated rings. The van der Waals surface area contributed by atoms with Crippen LogP contribution in [-0.2, 0) is 14.3 Å². The number of benzene rings is 1. The SMILES string of the molecule is C#C[C@@]1(O)CC[C@H]2[C@@H]3CC[C@H]4C[C@H](OC(C)=O)[C@H](N5CCN(C(=O)[C@@H]6CCCN6C(=O)c6ccc7ccccc7n6)CC5)C[C@]4(C)[C@H]3CC[C@@]21C. The lowest BCUT2D eigenvalue weighted by Crippen LogP contribution is -2.63. The molecule has 6 aliphatic rings. The van der Waals surface area contributed by atoms with Crippen molar-refractivity contribution in [3.05, 3.63) is 42.1 Å². The number of carbonyl (C=O) groups excluding carboxylic acids is 3. The number of hydrogen-bond acceptors (Lipinski definition) is 7. The van der Waals surface area contributed by atoms with Crippen LogP contribution in [0.15, 0.2) is 36.4 Å². The number of hydrogen-bond donors (Lipinski definition) is 1. The topological polar surface area (TPSA) is 103 Å². The van der Waals surface area contributed by atoms with E-state index in [1.165, 1.54) is 6.92 Å². The van der Waals surface area contributed by atoms with Gasteiger partial charge in [0.25, 0.3) is 5.91 Å². The number of nitrogens with zero attached hydrogens (tertiary/aromatic N) is 4. The minimum absolute atomic E-state index is 0.0253. The second-order valence-electron chi connectivity index (χ2n) is 17.2. The van der Waals surface area contributed by atoms with Gasteiger partial charge in [-0.15, -0.1) is 6.42 Å². The van der Waals surface area contributed by atoms with E-state index in [4.69, 9.17) is 11.2 Å². The first kappa shape index (κ1) is 34.6. The number of terminal acetylenes is 1. The van der Waals surface area contributed by atoms with E-state index >= 15 is 0 Å². The molecule has 3 heterocycles. The van der Waals surface area contributed by atoms with Crippen LogP contribution in [0.4, 0.5) is 0 Å². The Morgan fingerprint density at radius 2 is 1.71 bits per heavy atom. The second kappa shape index (κ2) is 12.9. The predicted octanol–water partition coefficient (Wildman–Crippen LogP) is 5.30. The molecule has 0 unspecified atom stereocenters. The molecule has 2 aromatic rings. The minimum atomic E-state index is -1.01. The summed E-state index contributed by atoms with van der Waals surface area (Å²) in [6.45, 7) is 9.44.